The van der Waals surface area contributed by atoms with Crippen LogP contribution < -0.4 is 18.9 Å². The molecule has 0 N–H and O–H groups in total. The predicted octanol–water partition coefficient (Wildman–Crippen LogP) is 9.28. The summed E-state index contributed by atoms with van der Waals surface area (Å²) < 4.78 is 35.3. The molecule has 0 bridgehead atoms. The number of hydrogen-bond acceptors (Lipinski definition) is 8. The number of methoxy groups -OCH3 is 2. The molecule has 55 heavy (non-hydrogen) atoms. The zero-order valence-corrected chi connectivity index (χ0v) is 32.4. The first kappa shape index (κ1) is 38.9. The van der Waals surface area contributed by atoms with Gasteiger partial charge in [0, 0.05) is 11.5 Å². The van der Waals surface area contributed by atoms with Crippen molar-refractivity contribution >= 4 is 22.5 Å². The molecule has 0 saturated carbocycles. The smallest absolute Gasteiger partial charge is 0.330 e. The van der Waals surface area contributed by atoms with Crippen LogP contribution in [0.5, 0.6) is 23.0 Å². The first-order valence-corrected chi connectivity index (χ1v) is 18.2. The van der Waals surface area contributed by atoms with Gasteiger partial charge in [0.05, 0.1) is 38.4 Å². The molecule has 0 aliphatic heterocycles. The van der Waals surface area contributed by atoms with Crippen LogP contribution in [0.25, 0.3) is 21.9 Å². The van der Waals surface area contributed by atoms with Gasteiger partial charge < -0.3 is 28.4 Å². The third-order valence-corrected chi connectivity index (χ3v) is 9.90. The van der Waals surface area contributed by atoms with E-state index in [-0.39, 0.29) is 25.6 Å². The Morgan fingerprint density at radius 3 is 1.75 bits per heavy atom. The second-order valence-electron chi connectivity index (χ2n) is 15.1. The van der Waals surface area contributed by atoms with Crippen LogP contribution in [-0.4, -0.2) is 58.0 Å². The first-order chi connectivity index (χ1) is 26.3. The number of fused-ring (bicyclic) bond motifs is 4. The average molecular weight is 741 g/mol. The Balaban J connectivity index is 1.46. The van der Waals surface area contributed by atoms with E-state index in [2.05, 4.69) is 86.0 Å². The highest BCUT2D eigenvalue weighted by Crippen LogP contribution is 2.59. The molecular formula is C47H48O8. The van der Waals surface area contributed by atoms with Crippen LogP contribution in [0.15, 0.2) is 122 Å². The van der Waals surface area contributed by atoms with Crippen LogP contribution in [0, 0.1) is 5.41 Å². The molecule has 8 nitrogen and oxygen atoms in total. The Hall–Kier alpha value is -5.86. The van der Waals surface area contributed by atoms with Crippen molar-refractivity contribution in [1.82, 2.24) is 0 Å². The minimum Gasteiger partial charge on any atom is -0.493 e. The molecule has 1 unspecified atom stereocenters. The summed E-state index contributed by atoms with van der Waals surface area (Å²) in [5.74, 6) is 1.98. The van der Waals surface area contributed by atoms with E-state index in [1.165, 1.54) is 6.08 Å². The standard InChI is InChI=1S/C47H48O8/c1-9-35(48)27-55-46(5,6)30-53-37-21-17-34(18-22-37)47(33-15-19-36(20-16-33)52-28-45(3,4)29-54-44(49)10-2)40-24-32-14-12-11-13-31(32)23-38(40)39-25-42(50-7)43(51-8)26-41(39)47/h9-26H,1-2,27-30H2,3-8H3. The molecule has 0 fully saturated rings. The highest BCUT2D eigenvalue weighted by molar-refractivity contribution is 5.96. The quantitative estimate of drug-likeness (QED) is 0.0676. The molecule has 5 aromatic rings. The van der Waals surface area contributed by atoms with Crippen molar-refractivity contribution in [2.24, 2.45) is 5.41 Å². The number of benzene rings is 5. The lowest BCUT2D eigenvalue weighted by Crippen LogP contribution is -2.34. The summed E-state index contributed by atoms with van der Waals surface area (Å²) in [5.41, 5.74) is 4.44. The van der Waals surface area contributed by atoms with E-state index >= 15 is 0 Å². The van der Waals surface area contributed by atoms with E-state index in [0.29, 0.717) is 29.6 Å². The number of ketones is 1. The van der Waals surface area contributed by atoms with E-state index < -0.39 is 22.4 Å². The lowest BCUT2D eigenvalue weighted by atomic mass is 9.67. The largest absolute Gasteiger partial charge is 0.493 e. The highest BCUT2D eigenvalue weighted by atomic mass is 16.5. The van der Waals surface area contributed by atoms with Crippen LogP contribution in [0.3, 0.4) is 0 Å². The highest BCUT2D eigenvalue weighted by Gasteiger charge is 2.47. The molecule has 0 radical (unpaired) electrons. The normalized spacial score (nSPS) is 14.7. The van der Waals surface area contributed by atoms with Gasteiger partial charge in [0.25, 0.3) is 0 Å². The van der Waals surface area contributed by atoms with Crippen LogP contribution in [0.1, 0.15) is 49.9 Å². The number of carbonyl (C=O) groups excluding carboxylic acids is 2. The van der Waals surface area contributed by atoms with Gasteiger partial charge in [-0.3, -0.25) is 4.79 Å². The fourth-order valence-electron chi connectivity index (χ4n) is 6.99. The summed E-state index contributed by atoms with van der Waals surface area (Å²) in [4.78, 5) is 23.5. The molecule has 1 aliphatic carbocycles. The van der Waals surface area contributed by atoms with E-state index in [0.717, 1.165) is 50.2 Å². The van der Waals surface area contributed by atoms with Crippen molar-refractivity contribution in [1.29, 1.82) is 0 Å². The molecule has 284 valence electrons. The Labute approximate surface area is 323 Å². The van der Waals surface area contributed by atoms with Gasteiger partial charge in [-0.05, 0) is 113 Å². The van der Waals surface area contributed by atoms with Gasteiger partial charge in [-0.15, -0.1) is 0 Å². The van der Waals surface area contributed by atoms with Gasteiger partial charge in [0.1, 0.15) is 24.7 Å². The maximum atomic E-state index is 11.8. The third kappa shape index (κ3) is 8.01. The van der Waals surface area contributed by atoms with Crippen LogP contribution in [-0.2, 0) is 24.5 Å². The number of rotatable bonds is 17. The second-order valence-corrected chi connectivity index (χ2v) is 15.1. The topological polar surface area (TPSA) is 89.5 Å². The predicted molar refractivity (Wildman–Crippen MR) is 216 cm³/mol. The summed E-state index contributed by atoms with van der Waals surface area (Å²) in [6.07, 6.45) is 2.42. The Kier molecular flexibility index (Phi) is 11.2. The Bertz CT molecular complexity index is 2130. The molecule has 0 spiro atoms. The average Bonchev–Trinajstić information content (AvgIpc) is 3.48. The minimum atomic E-state index is -0.781. The molecule has 0 heterocycles. The monoisotopic (exact) mass is 740 g/mol. The summed E-state index contributed by atoms with van der Waals surface area (Å²) in [7, 11) is 3.30. The second kappa shape index (κ2) is 15.9. The van der Waals surface area contributed by atoms with Crippen molar-refractivity contribution in [3.8, 4) is 34.1 Å². The van der Waals surface area contributed by atoms with Gasteiger partial charge >= 0.3 is 5.97 Å². The third-order valence-electron chi connectivity index (χ3n) is 9.90. The number of hydrogen-bond donors (Lipinski definition) is 0. The fraction of sp³-hybridized carbons (Fsp3) is 0.277. The van der Waals surface area contributed by atoms with Gasteiger partial charge in [-0.1, -0.05) is 75.5 Å². The molecule has 1 aliphatic rings. The van der Waals surface area contributed by atoms with E-state index in [9.17, 15) is 9.59 Å². The van der Waals surface area contributed by atoms with Crippen LogP contribution in [0.4, 0.5) is 0 Å². The summed E-state index contributed by atoms with van der Waals surface area (Å²) in [6.45, 7) is 15.5. The fourth-order valence-corrected chi connectivity index (χ4v) is 6.99. The van der Waals surface area contributed by atoms with Crippen molar-refractivity contribution in [2.75, 3.05) is 40.6 Å². The molecule has 8 heteroatoms. The molecule has 5 aromatic carbocycles. The molecule has 0 amide bonds. The molecule has 0 aromatic heterocycles. The first-order valence-electron chi connectivity index (χ1n) is 18.2. The van der Waals surface area contributed by atoms with Crippen LogP contribution >= 0.6 is 0 Å². The minimum absolute atomic E-state index is 0.0597. The maximum Gasteiger partial charge on any atom is 0.330 e. The van der Waals surface area contributed by atoms with E-state index in [1.54, 1.807) is 14.2 Å². The summed E-state index contributed by atoms with van der Waals surface area (Å²) >= 11 is 0. The summed E-state index contributed by atoms with van der Waals surface area (Å²) in [5, 5.41) is 2.25. The SMILES string of the molecule is C=CC(=O)COC(C)(C)COc1ccc(C2(c3ccc(OCC(C)(C)COC(=O)C=C)cc3)c3cc(OC)c(OC)cc3-c3cc4ccccc4cc32)cc1. The molecular weight excluding hydrogens is 693 g/mol. The van der Waals surface area contributed by atoms with E-state index in [4.69, 9.17) is 28.4 Å². The summed E-state index contributed by atoms with van der Waals surface area (Å²) in [6, 6.07) is 33.4. The molecule has 6 rings (SSSR count). The Morgan fingerprint density at radius 2 is 1.18 bits per heavy atom. The number of carbonyl (C=O) groups is 2. The van der Waals surface area contributed by atoms with Crippen molar-refractivity contribution < 1.29 is 38.0 Å². The number of esters is 1. The molecule has 0 saturated heterocycles. The van der Waals surface area contributed by atoms with Crippen molar-refractivity contribution in [2.45, 2.75) is 38.7 Å². The lowest BCUT2D eigenvalue weighted by molar-refractivity contribution is -0.141. The maximum absolute atomic E-state index is 11.8. The van der Waals surface area contributed by atoms with E-state index in [1.807, 2.05) is 52.0 Å². The van der Waals surface area contributed by atoms with Gasteiger partial charge in [-0.25, -0.2) is 4.79 Å². The lowest BCUT2D eigenvalue weighted by Gasteiger charge is -2.34. The van der Waals surface area contributed by atoms with Gasteiger partial charge in [0.2, 0.25) is 0 Å². The zero-order valence-electron chi connectivity index (χ0n) is 32.4. The number of ether oxygens (including phenoxy) is 6. The van der Waals surface area contributed by atoms with Crippen LogP contribution in [0.2, 0.25) is 0 Å². The van der Waals surface area contributed by atoms with Crippen molar-refractivity contribution in [3.05, 3.63) is 145 Å². The van der Waals surface area contributed by atoms with Gasteiger partial charge in [0.15, 0.2) is 17.3 Å². The Morgan fingerprint density at radius 1 is 0.655 bits per heavy atom. The van der Waals surface area contributed by atoms with Crippen molar-refractivity contribution in [3.63, 3.8) is 0 Å². The van der Waals surface area contributed by atoms with Gasteiger partial charge in [-0.2, -0.15) is 0 Å². The zero-order chi connectivity index (χ0) is 39.4. The molecule has 1 atom stereocenters.